The molecular weight excluding hydrogens is 694 g/mol. The van der Waals surface area contributed by atoms with Crippen molar-refractivity contribution in [1.29, 1.82) is 0 Å². The third-order valence-corrected chi connectivity index (χ3v) is 10.9. The molecule has 3 rings (SSSR count). The van der Waals surface area contributed by atoms with Crippen molar-refractivity contribution in [2.75, 3.05) is 27.8 Å². The summed E-state index contributed by atoms with van der Waals surface area (Å²) in [5.74, 6) is -3.48. The van der Waals surface area contributed by atoms with E-state index in [2.05, 4.69) is 0 Å². The summed E-state index contributed by atoms with van der Waals surface area (Å²) in [6, 6.07) is -0.746. The lowest BCUT2D eigenvalue weighted by atomic mass is 9.79. The number of esters is 1. The molecule has 0 aromatic heterocycles. The Hall–Kier alpha value is -2.15. The standard InChI is InChI=1S/C38H63NO14/c1-10-28-25(18-49-38-36(48-9)34(47)32(45)23(6)51-38)15-19(2)11-12-26(41)20(3)16-24(13-14-40)35(21(4)27(42)17-29(43)52-28)53-37-33(46)30(39(7)8)31(44)22(5)50-37/h11-12,14-15,20-25,27-28,30-38,42,44-47H,10,13,16-18H2,1-9H3/b12-11+,19-15+/t20-,21+,22-,23-,24+,25-,27-,28-,30+,31-,32-,33-,34-,35-,36-,37+,38-/m1/s1. The van der Waals surface area contributed by atoms with Crippen molar-refractivity contribution in [3.05, 3.63) is 23.8 Å². The first kappa shape index (κ1) is 45.2. The van der Waals surface area contributed by atoms with Crippen molar-refractivity contribution in [3.63, 3.8) is 0 Å². The van der Waals surface area contributed by atoms with Gasteiger partial charge in [0, 0.05) is 31.3 Å². The zero-order valence-corrected chi connectivity index (χ0v) is 32.5. The van der Waals surface area contributed by atoms with E-state index in [0.29, 0.717) is 18.3 Å². The Morgan fingerprint density at radius 2 is 1.55 bits per heavy atom. The number of carbonyl (C=O) groups is 3. The molecule has 15 heteroatoms. The molecule has 0 saturated carbocycles. The second-order valence-corrected chi connectivity index (χ2v) is 15.1. The number of aliphatic hydroxyl groups excluding tert-OH is 5. The molecule has 0 radical (unpaired) electrons. The van der Waals surface area contributed by atoms with E-state index in [9.17, 15) is 39.9 Å². The second kappa shape index (κ2) is 20.7. The van der Waals surface area contributed by atoms with Gasteiger partial charge in [-0.1, -0.05) is 38.5 Å². The second-order valence-electron chi connectivity index (χ2n) is 15.1. The van der Waals surface area contributed by atoms with Gasteiger partial charge >= 0.3 is 5.97 Å². The van der Waals surface area contributed by atoms with Crippen molar-refractivity contribution >= 4 is 18.0 Å². The minimum Gasteiger partial charge on any atom is -0.462 e. The number of hydrogen-bond acceptors (Lipinski definition) is 15. The fraction of sp³-hybridized carbons (Fsp3) is 0.816. The van der Waals surface area contributed by atoms with Gasteiger partial charge in [-0.3, -0.25) is 9.59 Å². The molecule has 15 nitrogen and oxygen atoms in total. The van der Waals surface area contributed by atoms with Gasteiger partial charge in [0.25, 0.3) is 0 Å². The van der Waals surface area contributed by atoms with Crippen LogP contribution < -0.4 is 0 Å². The van der Waals surface area contributed by atoms with E-state index in [1.165, 1.54) is 13.2 Å². The summed E-state index contributed by atoms with van der Waals surface area (Å²) in [5.41, 5.74) is 0.673. The quantitative estimate of drug-likeness (QED) is 0.155. The van der Waals surface area contributed by atoms with E-state index in [-0.39, 0.29) is 25.2 Å². The number of aldehydes is 1. The van der Waals surface area contributed by atoms with Gasteiger partial charge in [0.05, 0.1) is 49.6 Å². The fourth-order valence-corrected chi connectivity index (χ4v) is 7.51. The van der Waals surface area contributed by atoms with Gasteiger partial charge in [0.2, 0.25) is 0 Å². The van der Waals surface area contributed by atoms with Crippen molar-refractivity contribution in [3.8, 4) is 0 Å². The van der Waals surface area contributed by atoms with E-state index < -0.39 is 116 Å². The van der Waals surface area contributed by atoms with Gasteiger partial charge < -0.3 is 63.6 Å². The van der Waals surface area contributed by atoms with Gasteiger partial charge in [-0.2, -0.15) is 0 Å². The van der Waals surface area contributed by atoms with Gasteiger partial charge in [-0.15, -0.1) is 0 Å². The number of nitrogens with zero attached hydrogens (tertiary/aromatic N) is 1. The first-order chi connectivity index (χ1) is 24.9. The maximum absolute atomic E-state index is 13.5. The third kappa shape index (κ3) is 11.7. The largest absolute Gasteiger partial charge is 0.462 e. The van der Waals surface area contributed by atoms with Crippen molar-refractivity contribution in [2.24, 2.45) is 23.7 Å². The monoisotopic (exact) mass is 757 g/mol. The number of likely N-dealkylation sites (N-methyl/N-ethyl adjacent to an activating group) is 1. The number of hydrogen-bond donors (Lipinski definition) is 5. The van der Waals surface area contributed by atoms with E-state index in [1.54, 1.807) is 59.7 Å². The Bertz CT molecular complexity index is 1250. The van der Waals surface area contributed by atoms with E-state index in [0.717, 1.165) is 0 Å². The average molecular weight is 758 g/mol. The van der Waals surface area contributed by atoms with E-state index in [1.807, 2.05) is 13.0 Å². The summed E-state index contributed by atoms with van der Waals surface area (Å²) in [4.78, 5) is 40.6. The zero-order chi connectivity index (χ0) is 39.7. The lowest BCUT2D eigenvalue weighted by Gasteiger charge is -2.46. The van der Waals surface area contributed by atoms with E-state index in [4.69, 9.17) is 28.4 Å². The lowest BCUT2D eigenvalue weighted by Crippen LogP contribution is -2.63. The van der Waals surface area contributed by atoms with Gasteiger partial charge in [-0.25, -0.2) is 0 Å². The lowest BCUT2D eigenvalue weighted by molar-refractivity contribution is -0.304. The molecule has 304 valence electrons. The Kier molecular flexibility index (Phi) is 17.6. The molecular formula is C38H63NO14. The number of cyclic esters (lactones) is 1. The number of ether oxygens (including phenoxy) is 6. The molecule has 5 N–H and O–H groups in total. The molecule has 0 amide bonds. The van der Waals surface area contributed by atoms with Crippen LogP contribution in [0.4, 0.5) is 0 Å². The van der Waals surface area contributed by atoms with Gasteiger partial charge in [-0.05, 0) is 59.7 Å². The highest BCUT2D eigenvalue weighted by molar-refractivity contribution is 5.91. The molecule has 0 bridgehead atoms. The first-order valence-corrected chi connectivity index (χ1v) is 18.7. The molecule has 0 aromatic carbocycles. The number of aliphatic hydroxyl groups is 5. The highest BCUT2D eigenvalue weighted by Gasteiger charge is 2.48. The SMILES string of the molecule is CC[C@H]1OC(=O)C[C@@H](O)[C@H](C)[C@@H](O[C@@H]2O[C@H](C)[C@@H](O)[C@H](N(C)C)[C@H]2O)[C@@H](CC=O)C[C@@H](C)C(=O)/C=C/C(C)=C/[C@@H]1CO[C@@H]1O[C@H](C)[C@@H](O)[C@@H](O)[C@H]1OC. The van der Waals surface area contributed by atoms with E-state index >= 15 is 0 Å². The molecule has 3 heterocycles. The first-order valence-electron chi connectivity index (χ1n) is 18.7. The molecule has 0 spiro atoms. The molecule has 2 fully saturated rings. The number of rotatable bonds is 10. The highest BCUT2D eigenvalue weighted by Crippen LogP contribution is 2.34. The van der Waals surface area contributed by atoms with Crippen LogP contribution in [-0.4, -0.2) is 156 Å². The molecule has 3 aliphatic heterocycles. The van der Waals surface area contributed by atoms with Crippen molar-refractivity contribution in [1.82, 2.24) is 4.90 Å². The maximum atomic E-state index is 13.5. The number of ketones is 1. The van der Waals surface area contributed by atoms with Crippen LogP contribution >= 0.6 is 0 Å². The Balaban J connectivity index is 1.96. The average Bonchev–Trinajstić information content (AvgIpc) is 3.10. The van der Waals surface area contributed by atoms with Crippen LogP contribution in [0.25, 0.3) is 0 Å². The third-order valence-electron chi connectivity index (χ3n) is 10.9. The minimum atomic E-state index is -1.33. The molecule has 53 heavy (non-hydrogen) atoms. The summed E-state index contributed by atoms with van der Waals surface area (Å²) in [6.07, 6.45) is -6.88. The fourth-order valence-electron chi connectivity index (χ4n) is 7.51. The van der Waals surface area contributed by atoms with Crippen LogP contribution in [0.15, 0.2) is 23.8 Å². The molecule has 0 aromatic rings. The minimum absolute atomic E-state index is 0.0342. The topological polar surface area (TPSA) is 211 Å². The Morgan fingerprint density at radius 1 is 0.906 bits per heavy atom. The number of carbonyl (C=O) groups excluding carboxylic acids is 3. The van der Waals surface area contributed by atoms with Gasteiger partial charge in [0.1, 0.15) is 36.8 Å². The maximum Gasteiger partial charge on any atom is 0.308 e. The molecule has 0 unspecified atom stereocenters. The molecule has 3 aliphatic rings. The van der Waals surface area contributed by atoms with Gasteiger partial charge in [0.15, 0.2) is 18.4 Å². The van der Waals surface area contributed by atoms with Crippen LogP contribution in [0, 0.1) is 23.7 Å². The zero-order valence-electron chi connectivity index (χ0n) is 32.5. The smallest absolute Gasteiger partial charge is 0.308 e. The van der Waals surface area contributed by atoms with Crippen LogP contribution in [0.3, 0.4) is 0 Å². The number of methoxy groups -OCH3 is 1. The highest BCUT2D eigenvalue weighted by atomic mass is 16.7. The predicted octanol–water partition coefficient (Wildman–Crippen LogP) is 0.908. The van der Waals surface area contributed by atoms with Crippen LogP contribution in [-0.2, 0) is 42.8 Å². The van der Waals surface area contributed by atoms with Crippen molar-refractivity contribution in [2.45, 2.75) is 147 Å². The van der Waals surface area contributed by atoms with Crippen molar-refractivity contribution < 1.29 is 68.3 Å². The van der Waals surface area contributed by atoms with Crippen LogP contribution in [0.2, 0.25) is 0 Å². The summed E-state index contributed by atoms with van der Waals surface area (Å²) in [5, 5.41) is 54.4. The van der Waals surface area contributed by atoms with Crippen LogP contribution in [0.1, 0.15) is 67.2 Å². The summed E-state index contributed by atoms with van der Waals surface area (Å²) >= 11 is 0. The summed E-state index contributed by atoms with van der Waals surface area (Å²) < 4.78 is 35.6. The molecule has 0 aliphatic carbocycles. The van der Waals surface area contributed by atoms with Crippen LogP contribution in [0.5, 0.6) is 0 Å². The summed E-state index contributed by atoms with van der Waals surface area (Å²) in [6.45, 7) is 10.2. The molecule has 17 atom stereocenters. The predicted molar refractivity (Wildman–Crippen MR) is 191 cm³/mol. The number of allylic oxidation sites excluding steroid dienone is 3. The normalized spacial score (nSPS) is 44.2. The summed E-state index contributed by atoms with van der Waals surface area (Å²) in [7, 11) is 4.78. The Morgan fingerprint density at radius 3 is 2.15 bits per heavy atom. The Labute approximate surface area is 313 Å². The molecule has 2 saturated heterocycles.